The molecule has 0 radical (unpaired) electrons. The summed E-state index contributed by atoms with van der Waals surface area (Å²) in [6, 6.07) is 0. The number of cyclic esters (lactones) is 2. The molecular formula is C32H62N2O12. The average Bonchev–Trinajstić information content (AvgIpc) is 2.84. The van der Waals surface area contributed by atoms with Crippen LogP contribution >= 0.6 is 0 Å². The van der Waals surface area contributed by atoms with Crippen LogP contribution in [-0.4, -0.2) is 113 Å². The summed E-state index contributed by atoms with van der Waals surface area (Å²) in [5, 5.41) is 41.3. The molecule has 0 aromatic rings. The van der Waals surface area contributed by atoms with Crippen molar-refractivity contribution in [3.63, 3.8) is 0 Å². The Morgan fingerprint density at radius 2 is 1.07 bits per heavy atom. The van der Waals surface area contributed by atoms with Crippen LogP contribution < -0.4 is 0 Å². The van der Waals surface area contributed by atoms with Crippen molar-refractivity contribution in [1.82, 2.24) is 10.1 Å². The second-order valence-electron chi connectivity index (χ2n) is 14.3. The summed E-state index contributed by atoms with van der Waals surface area (Å²) in [4.78, 5) is 44.6. The van der Waals surface area contributed by atoms with Crippen LogP contribution in [0.4, 0.5) is 0 Å². The van der Waals surface area contributed by atoms with Crippen molar-refractivity contribution in [1.29, 1.82) is 0 Å². The van der Waals surface area contributed by atoms with E-state index in [-0.39, 0.29) is 38.1 Å². The fourth-order valence-corrected chi connectivity index (χ4v) is 5.70. The highest BCUT2D eigenvalue weighted by Crippen LogP contribution is 2.38. The minimum Gasteiger partial charge on any atom is -0.459 e. The molecule has 4 unspecified atom stereocenters. The number of carbonyl (C=O) groups excluding carboxylic acids is 4. The number of carbonyl (C=O) groups is 4. The Labute approximate surface area is 275 Å². The van der Waals surface area contributed by atoms with Crippen molar-refractivity contribution in [2.75, 3.05) is 0 Å². The topological polar surface area (TPSA) is 193 Å². The van der Waals surface area contributed by atoms with Crippen molar-refractivity contribution >= 4 is 23.9 Å². The monoisotopic (exact) mass is 666 g/mol. The van der Waals surface area contributed by atoms with E-state index in [2.05, 4.69) is 9.47 Å². The van der Waals surface area contributed by atoms with Crippen molar-refractivity contribution < 1.29 is 58.8 Å². The standard InChI is InChI=1S/C15H27NO6.C9H19NO2.C6H8O4.2CH4/c1-9(17)12(18)21-10(2)13(19)22-11-7-14(3,4)16(20)15(5,6)8-11;1-8(2)5-7(11)6-9(3,4)10(8)12;1-3-5(7)10-4(2)6(8)9-3;;/h9-11,17,20H,7-8H2,1-6H3;7,11-12H,5-6H2,1-4H3;3-4H,1-2H3;2*1H4. The highest BCUT2D eigenvalue weighted by atomic mass is 16.6. The van der Waals surface area contributed by atoms with Crippen molar-refractivity contribution in [3.05, 3.63) is 0 Å². The van der Waals surface area contributed by atoms with Gasteiger partial charge in [0.25, 0.3) is 0 Å². The molecule has 0 bridgehead atoms. The van der Waals surface area contributed by atoms with Crippen LogP contribution in [0.2, 0.25) is 0 Å². The number of hydroxylamine groups is 4. The third-order valence-electron chi connectivity index (χ3n) is 7.72. The quantitative estimate of drug-likeness (QED) is 0.250. The van der Waals surface area contributed by atoms with Crippen molar-refractivity contribution in [3.8, 4) is 0 Å². The summed E-state index contributed by atoms with van der Waals surface area (Å²) in [5.74, 6) is -2.48. The maximum atomic E-state index is 12.0. The molecule has 3 heterocycles. The van der Waals surface area contributed by atoms with Gasteiger partial charge in [-0.3, -0.25) is 0 Å². The first-order valence-corrected chi connectivity index (χ1v) is 14.9. The van der Waals surface area contributed by atoms with E-state index < -0.39 is 59.4 Å². The summed E-state index contributed by atoms with van der Waals surface area (Å²) in [6.45, 7) is 20.9. The average molecular weight is 667 g/mol. The first-order valence-electron chi connectivity index (χ1n) is 14.9. The van der Waals surface area contributed by atoms with Crippen LogP contribution in [0.5, 0.6) is 0 Å². The second-order valence-corrected chi connectivity index (χ2v) is 14.3. The summed E-state index contributed by atoms with van der Waals surface area (Å²) in [5.41, 5.74) is -1.71. The van der Waals surface area contributed by atoms with E-state index in [1.54, 1.807) is 0 Å². The van der Waals surface area contributed by atoms with Crippen LogP contribution in [0, 0.1) is 0 Å². The summed E-state index contributed by atoms with van der Waals surface area (Å²) in [7, 11) is 0. The van der Waals surface area contributed by atoms with E-state index in [0.717, 1.165) is 0 Å². The van der Waals surface area contributed by atoms with Gasteiger partial charge in [-0.05, 0) is 95.9 Å². The van der Waals surface area contributed by atoms with E-state index in [9.17, 15) is 34.7 Å². The number of aliphatic hydroxyl groups excluding tert-OH is 2. The molecule has 0 saturated carbocycles. The van der Waals surface area contributed by atoms with Gasteiger partial charge >= 0.3 is 23.9 Å². The lowest BCUT2D eigenvalue weighted by atomic mass is 9.80. The Bertz CT molecular complexity index is 971. The maximum absolute atomic E-state index is 12.0. The number of rotatable bonds is 4. The fourth-order valence-electron chi connectivity index (χ4n) is 5.70. The van der Waals surface area contributed by atoms with Crippen LogP contribution in [0.15, 0.2) is 0 Å². The van der Waals surface area contributed by atoms with E-state index >= 15 is 0 Å². The van der Waals surface area contributed by atoms with Crippen LogP contribution in [-0.2, 0) is 38.1 Å². The molecular weight excluding hydrogens is 604 g/mol. The van der Waals surface area contributed by atoms with Crippen LogP contribution in [0.25, 0.3) is 0 Å². The molecule has 4 atom stereocenters. The third-order valence-corrected chi connectivity index (χ3v) is 7.72. The van der Waals surface area contributed by atoms with E-state index in [4.69, 9.17) is 14.6 Å². The van der Waals surface area contributed by atoms with Crippen LogP contribution in [0.1, 0.15) is 124 Å². The molecule has 3 saturated heterocycles. The molecule has 14 heteroatoms. The number of esters is 4. The molecule has 14 nitrogen and oxygen atoms in total. The zero-order valence-electron chi connectivity index (χ0n) is 28.2. The Morgan fingerprint density at radius 3 is 1.39 bits per heavy atom. The van der Waals surface area contributed by atoms with Gasteiger partial charge in [-0.2, -0.15) is 10.1 Å². The first kappa shape index (κ1) is 45.8. The smallest absolute Gasteiger partial charge is 0.347 e. The zero-order valence-corrected chi connectivity index (χ0v) is 28.2. The Morgan fingerprint density at radius 1 is 0.739 bits per heavy atom. The van der Waals surface area contributed by atoms with Gasteiger partial charge in [0, 0.05) is 35.0 Å². The largest absolute Gasteiger partial charge is 0.459 e. The lowest BCUT2D eigenvalue weighted by Crippen LogP contribution is -2.60. The van der Waals surface area contributed by atoms with Gasteiger partial charge in [0.1, 0.15) is 12.2 Å². The van der Waals surface area contributed by atoms with Crippen LogP contribution in [0.3, 0.4) is 0 Å². The molecule has 3 aliphatic heterocycles. The Kier molecular flexibility index (Phi) is 17.1. The molecule has 0 aliphatic carbocycles. The molecule has 0 aromatic carbocycles. The Hall–Kier alpha value is -2.36. The molecule has 272 valence electrons. The predicted octanol–water partition coefficient (Wildman–Crippen LogP) is 3.78. The van der Waals surface area contributed by atoms with Gasteiger partial charge in [-0.1, -0.05) is 14.9 Å². The molecule has 0 aromatic heterocycles. The van der Waals surface area contributed by atoms with Gasteiger partial charge in [-0.25, -0.2) is 19.2 Å². The highest BCUT2D eigenvalue weighted by molar-refractivity contribution is 5.86. The maximum Gasteiger partial charge on any atom is 0.347 e. The third kappa shape index (κ3) is 12.7. The number of hydrogen-bond acceptors (Lipinski definition) is 14. The lowest BCUT2D eigenvalue weighted by Gasteiger charge is -2.50. The van der Waals surface area contributed by atoms with Gasteiger partial charge in [0.15, 0.2) is 18.3 Å². The molecule has 4 N–H and O–H groups in total. The number of hydrogen-bond donors (Lipinski definition) is 4. The van der Waals surface area contributed by atoms with E-state index in [0.29, 0.717) is 25.7 Å². The minimum absolute atomic E-state index is 0. The molecule has 0 spiro atoms. The van der Waals surface area contributed by atoms with E-state index in [1.165, 1.54) is 37.8 Å². The minimum atomic E-state index is -1.29. The molecule has 0 amide bonds. The first-order chi connectivity index (χ1) is 19.7. The normalized spacial score (nSPS) is 26.8. The van der Waals surface area contributed by atoms with Crippen molar-refractivity contribution in [2.45, 2.75) is 182 Å². The Balaban J connectivity index is 0. The molecule has 46 heavy (non-hydrogen) atoms. The summed E-state index contributed by atoms with van der Waals surface area (Å²) < 4.78 is 19.4. The van der Waals surface area contributed by atoms with Gasteiger partial charge in [0.05, 0.1) is 6.10 Å². The highest BCUT2D eigenvalue weighted by Gasteiger charge is 2.47. The van der Waals surface area contributed by atoms with Gasteiger partial charge < -0.3 is 39.6 Å². The van der Waals surface area contributed by atoms with Gasteiger partial charge in [0.2, 0.25) is 0 Å². The lowest BCUT2D eigenvalue weighted by molar-refractivity contribution is -0.260. The zero-order chi connectivity index (χ0) is 34.6. The summed E-state index contributed by atoms with van der Waals surface area (Å²) in [6.07, 6.45) is -2.34. The number of piperidine rings is 2. The SMILES string of the molecule is C.C.CC(O)C(=O)OC(C)C(=O)OC1CC(C)(C)N(O)C(C)(C)C1.CC1(C)CC(O)CC(C)(C)N1O.CC1OC(=O)C(C)OC1=O. The predicted molar refractivity (Wildman–Crippen MR) is 170 cm³/mol. The summed E-state index contributed by atoms with van der Waals surface area (Å²) >= 11 is 0. The molecule has 3 fully saturated rings. The second kappa shape index (κ2) is 17.2. The number of aliphatic hydroxyl groups is 2. The molecule has 3 aliphatic rings. The van der Waals surface area contributed by atoms with Crippen molar-refractivity contribution in [2.24, 2.45) is 0 Å². The molecule has 3 rings (SSSR count). The van der Waals surface area contributed by atoms with E-state index in [1.807, 2.05) is 55.4 Å². The fraction of sp³-hybridized carbons (Fsp3) is 0.875. The number of ether oxygens (including phenoxy) is 4. The number of nitrogens with zero attached hydrogens (tertiary/aromatic N) is 2. The van der Waals surface area contributed by atoms with Gasteiger partial charge in [-0.15, -0.1) is 0 Å².